The van der Waals surface area contributed by atoms with E-state index in [4.69, 9.17) is 5.11 Å². The van der Waals surface area contributed by atoms with E-state index < -0.39 is 5.97 Å². The first-order valence-electron chi connectivity index (χ1n) is 2.84. The number of carboxylic acids is 1. The molecule has 0 saturated carbocycles. The van der Waals surface area contributed by atoms with E-state index in [9.17, 15) is 9.59 Å². The lowest BCUT2D eigenvalue weighted by Gasteiger charge is -1.97. The molecule has 0 amide bonds. The van der Waals surface area contributed by atoms with E-state index in [1.54, 1.807) is 22.6 Å². The van der Waals surface area contributed by atoms with Gasteiger partial charge < -0.3 is 10.1 Å². The van der Waals surface area contributed by atoms with E-state index in [0.717, 1.165) is 0 Å². The molecule has 0 unspecified atom stereocenters. The van der Waals surface area contributed by atoms with E-state index in [1.807, 2.05) is 22.6 Å². The smallest absolute Gasteiger partial charge is 0.353 e. The maximum Gasteiger partial charge on any atom is 0.353 e. The van der Waals surface area contributed by atoms with Gasteiger partial charge in [0.1, 0.15) is 5.69 Å². The second-order valence-corrected chi connectivity index (χ2v) is 4.20. The summed E-state index contributed by atoms with van der Waals surface area (Å²) < 4.78 is 0.703. The Morgan fingerprint density at radius 3 is 2.58 bits per heavy atom. The largest absolute Gasteiger partial charge is 0.477 e. The van der Waals surface area contributed by atoms with Crippen LogP contribution in [-0.4, -0.2) is 16.1 Å². The number of carbonyl (C=O) groups is 1. The number of pyridine rings is 1. The Balaban J connectivity index is 3.47. The minimum absolute atomic E-state index is 0.0546. The highest BCUT2D eigenvalue weighted by Crippen LogP contribution is 2.06. The molecule has 4 nitrogen and oxygen atoms in total. The minimum atomic E-state index is -1.12. The van der Waals surface area contributed by atoms with Crippen molar-refractivity contribution < 1.29 is 9.90 Å². The molecule has 0 aliphatic heterocycles. The number of nitrogens with one attached hydrogen (secondary N) is 1. The molecule has 1 heterocycles. The number of H-pyrrole nitrogens is 1. The van der Waals surface area contributed by atoms with Crippen LogP contribution < -0.4 is 5.43 Å². The molecule has 0 atom stereocenters. The fourth-order valence-electron chi connectivity index (χ4n) is 0.638. The molecule has 1 aromatic rings. The molecule has 0 radical (unpaired) electrons. The third kappa shape index (κ3) is 1.79. The second-order valence-electron chi connectivity index (χ2n) is 1.96. The van der Waals surface area contributed by atoms with Crippen molar-refractivity contribution in [1.29, 1.82) is 0 Å². The third-order valence-corrected chi connectivity index (χ3v) is 3.02. The van der Waals surface area contributed by atoms with Gasteiger partial charge in [0, 0.05) is 6.20 Å². The normalized spacial score (nSPS) is 9.83. The molecule has 0 aliphatic rings. The summed E-state index contributed by atoms with van der Waals surface area (Å²) >= 11 is 3.56. The quantitative estimate of drug-likeness (QED) is 0.710. The summed E-state index contributed by atoms with van der Waals surface area (Å²) in [6, 6.07) is 0. The maximum atomic E-state index is 11.2. The number of carboxylic acid groups (broad SMARTS) is 1. The fourth-order valence-corrected chi connectivity index (χ4v) is 2.26. The number of hydrogen-bond acceptors (Lipinski definition) is 2. The predicted molar refractivity (Wildman–Crippen MR) is 59.5 cm³/mol. The first-order chi connectivity index (χ1) is 5.54. The molecule has 1 aromatic heterocycles. The van der Waals surface area contributed by atoms with E-state index >= 15 is 0 Å². The number of hydrogen-bond donors (Lipinski definition) is 2. The lowest BCUT2D eigenvalue weighted by Crippen LogP contribution is -2.16. The van der Waals surface area contributed by atoms with E-state index in [1.165, 1.54) is 6.20 Å². The van der Waals surface area contributed by atoms with Crippen molar-refractivity contribution in [2.45, 2.75) is 0 Å². The van der Waals surface area contributed by atoms with Gasteiger partial charge in [-0.05, 0) is 45.2 Å². The van der Waals surface area contributed by atoms with Gasteiger partial charge in [-0.15, -0.1) is 0 Å². The van der Waals surface area contributed by atoms with Gasteiger partial charge in [-0.3, -0.25) is 4.79 Å². The lowest BCUT2D eigenvalue weighted by atomic mass is 10.3. The third-order valence-electron chi connectivity index (χ3n) is 1.19. The van der Waals surface area contributed by atoms with E-state index in [0.29, 0.717) is 3.57 Å². The molecule has 64 valence electrons. The number of aromatic nitrogens is 1. The van der Waals surface area contributed by atoms with Crippen LogP contribution in [-0.2, 0) is 0 Å². The molecular weight excluding hydrogens is 388 g/mol. The van der Waals surface area contributed by atoms with Gasteiger partial charge in [0.2, 0.25) is 5.43 Å². The number of rotatable bonds is 1. The molecule has 0 spiro atoms. The first-order valence-corrected chi connectivity index (χ1v) is 4.99. The molecule has 0 aromatic carbocycles. The average molecular weight is 391 g/mol. The standard InChI is InChI=1S/C6H3I2NO3/c7-2-1-9-4(6(11)12)3(8)5(2)10/h1H,(H,9,10)(H,11,12). The van der Waals surface area contributed by atoms with Gasteiger partial charge in [0.15, 0.2) is 0 Å². The zero-order valence-electron chi connectivity index (χ0n) is 5.60. The van der Waals surface area contributed by atoms with E-state index in [-0.39, 0.29) is 14.7 Å². The summed E-state index contributed by atoms with van der Waals surface area (Å²) in [5.41, 5.74) is -0.298. The highest BCUT2D eigenvalue weighted by Gasteiger charge is 2.12. The van der Waals surface area contributed by atoms with Crippen LogP contribution in [0.4, 0.5) is 0 Å². The van der Waals surface area contributed by atoms with Crippen molar-refractivity contribution in [1.82, 2.24) is 4.98 Å². The van der Waals surface area contributed by atoms with Crippen LogP contribution >= 0.6 is 45.2 Å². The zero-order valence-corrected chi connectivity index (χ0v) is 9.91. The highest BCUT2D eigenvalue weighted by molar-refractivity contribution is 14.1. The molecular formula is C6H3I2NO3. The summed E-state index contributed by atoms with van der Waals surface area (Å²) in [7, 11) is 0. The van der Waals surface area contributed by atoms with E-state index in [2.05, 4.69) is 4.98 Å². The van der Waals surface area contributed by atoms with Crippen LogP contribution in [0.2, 0.25) is 0 Å². The predicted octanol–water partition coefficient (Wildman–Crippen LogP) is 1.28. The van der Waals surface area contributed by atoms with Gasteiger partial charge in [-0.2, -0.15) is 0 Å². The second kappa shape index (κ2) is 3.73. The molecule has 6 heteroatoms. The topological polar surface area (TPSA) is 70.2 Å². The SMILES string of the molecule is O=C(O)c1[nH]cc(I)c(=O)c1I. The van der Waals surface area contributed by atoms with Crippen molar-refractivity contribution in [2.75, 3.05) is 0 Å². The molecule has 1 rings (SSSR count). The average Bonchev–Trinajstić information content (AvgIpc) is 2.00. The van der Waals surface area contributed by atoms with Crippen molar-refractivity contribution in [2.24, 2.45) is 0 Å². The number of halogens is 2. The minimum Gasteiger partial charge on any atom is -0.477 e. The van der Waals surface area contributed by atoms with Crippen LogP contribution in [0.1, 0.15) is 10.5 Å². The van der Waals surface area contributed by atoms with Crippen molar-refractivity contribution in [3.63, 3.8) is 0 Å². The monoisotopic (exact) mass is 391 g/mol. The molecule has 12 heavy (non-hydrogen) atoms. The Labute approximate surface area is 94.7 Å². The van der Waals surface area contributed by atoms with Gasteiger partial charge in [-0.25, -0.2) is 4.79 Å². The van der Waals surface area contributed by atoms with Gasteiger partial charge in [0.25, 0.3) is 0 Å². The molecule has 0 aliphatic carbocycles. The molecule has 0 bridgehead atoms. The van der Waals surface area contributed by atoms with Gasteiger partial charge in [-0.1, -0.05) is 0 Å². The molecule has 0 saturated heterocycles. The lowest BCUT2D eigenvalue weighted by molar-refractivity contribution is 0.0689. The Hall–Kier alpha value is -0.120. The Morgan fingerprint density at radius 1 is 1.50 bits per heavy atom. The van der Waals surface area contributed by atoms with Crippen molar-refractivity contribution >= 4 is 51.2 Å². The first kappa shape index (κ1) is 9.96. The highest BCUT2D eigenvalue weighted by atomic mass is 127. The Kier molecular flexibility index (Phi) is 3.09. The number of aromatic carboxylic acids is 1. The van der Waals surface area contributed by atoms with Crippen LogP contribution in [0, 0.1) is 7.14 Å². The number of aromatic amines is 1. The van der Waals surface area contributed by atoms with Gasteiger partial charge in [0.05, 0.1) is 7.14 Å². The maximum absolute atomic E-state index is 11.2. The zero-order chi connectivity index (χ0) is 9.30. The van der Waals surface area contributed by atoms with Crippen LogP contribution in [0.15, 0.2) is 11.0 Å². The summed E-state index contributed by atoms with van der Waals surface area (Å²) in [4.78, 5) is 24.2. The Morgan fingerprint density at radius 2 is 2.08 bits per heavy atom. The van der Waals surface area contributed by atoms with Crippen molar-refractivity contribution in [3.8, 4) is 0 Å². The van der Waals surface area contributed by atoms with Crippen LogP contribution in [0.25, 0.3) is 0 Å². The Bertz CT molecular complexity index is 385. The summed E-state index contributed by atoms with van der Waals surface area (Å²) in [5, 5.41) is 8.60. The summed E-state index contributed by atoms with van der Waals surface area (Å²) in [6.45, 7) is 0. The van der Waals surface area contributed by atoms with Crippen molar-refractivity contribution in [3.05, 3.63) is 29.3 Å². The molecule has 2 N–H and O–H groups in total. The molecule has 0 fully saturated rings. The summed E-state index contributed by atoms with van der Waals surface area (Å²) in [5.74, 6) is -1.12. The van der Waals surface area contributed by atoms with Crippen LogP contribution in [0.3, 0.4) is 0 Å². The van der Waals surface area contributed by atoms with Gasteiger partial charge >= 0.3 is 5.97 Å². The summed E-state index contributed by atoms with van der Waals surface area (Å²) in [6.07, 6.45) is 1.38. The fraction of sp³-hybridized carbons (Fsp3) is 0. The van der Waals surface area contributed by atoms with Crippen LogP contribution in [0.5, 0.6) is 0 Å².